The zero-order valence-corrected chi connectivity index (χ0v) is 16.9. The molecule has 2 N–H and O–H groups in total. The lowest BCUT2D eigenvalue weighted by molar-refractivity contribution is -0.136. The first-order chi connectivity index (χ1) is 11.2. The van der Waals surface area contributed by atoms with Crippen LogP contribution < -0.4 is 9.47 Å². The van der Waals surface area contributed by atoms with Gasteiger partial charge in [0, 0.05) is 0 Å². The molecule has 24 heavy (non-hydrogen) atoms. The number of phenols is 1. The summed E-state index contributed by atoms with van der Waals surface area (Å²) in [4.78, 5) is 11.5. The quantitative estimate of drug-likeness (QED) is 0.244. The van der Waals surface area contributed by atoms with Crippen molar-refractivity contribution < 1.29 is 32.3 Å². The molecule has 0 aliphatic carbocycles. The second-order valence-electron chi connectivity index (χ2n) is 4.45. The van der Waals surface area contributed by atoms with Gasteiger partial charge in [-0.3, -0.25) is 4.55 Å². The number of rotatable bonds is 5. The number of esters is 1. The van der Waals surface area contributed by atoms with Crippen molar-refractivity contribution in [2.45, 2.75) is 4.90 Å². The zero-order valence-electron chi connectivity index (χ0n) is 11.8. The van der Waals surface area contributed by atoms with E-state index < -0.39 is 16.1 Å². The van der Waals surface area contributed by atoms with Crippen LogP contribution in [-0.4, -0.2) is 30.7 Å². The van der Waals surface area contributed by atoms with Crippen molar-refractivity contribution in [3.8, 4) is 17.2 Å². The van der Waals surface area contributed by atoms with Crippen LogP contribution in [0.3, 0.4) is 0 Å². The number of halogens is 2. The van der Waals surface area contributed by atoms with Crippen LogP contribution in [0.1, 0.15) is 0 Å². The van der Waals surface area contributed by atoms with Crippen LogP contribution in [0.4, 0.5) is 0 Å². The molecule has 0 aliphatic heterocycles. The number of carbonyl (C=O) groups excluding carboxylic acids is 1. The van der Waals surface area contributed by atoms with Gasteiger partial charge >= 0.3 is 5.97 Å². The Morgan fingerprint density at radius 1 is 1.08 bits per heavy atom. The molecule has 10 heteroatoms. The zero-order chi connectivity index (χ0) is 17.9. The number of ether oxygens (including phenoxy) is 2. The topological polar surface area (TPSA) is 110 Å². The van der Waals surface area contributed by atoms with Gasteiger partial charge in [-0.2, -0.15) is 8.42 Å². The lowest BCUT2D eigenvalue weighted by Gasteiger charge is -2.10. The molecule has 0 spiro atoms. The average molecular weight is 576 g/mol. The molecule has 0 fully saturated rings. The van der Waals surface area contributed by atoms with Gasteiger partial charge in [-0.1, -0.05) is 0 Å². The summed E-state index contributed by atoms with van der Waals surface area (Å²) >= 11 is 3.94. The summed E-state index contributed by atoms with van der Waals surface area (Å²) in [6, 6.07) is 7.72. The summed E-state index contributed by atoms with van der Waals surface area (Å²) in [6.45, 7) is -0.364. The van der Waals surface area contributed by atoms with Crippen LogP contribution in [0, 0.1) is 7.14 Å². The maximum absolute atomic E-state index is 11.8. The number of hydrogen-bond acceptors (Lipinski definition) is 6. The minimum absolute atomic E-state index is 0.0950. The second kappa shape index (κ2) is 7.84. The molecule has 0 aromatic heterocycles. The SMILES string of the molecule is O=C(COc1c(I)cc(O)cc1I)Oc1ccc(S(=O)(=O)O)cc1. The fourth-order valence-corrected chi connectivity index (χ4v) is 4.18. The summed E-state index contributed by atoms with van der Waals surface area (Å²) in [7, 11) is -4.29. The fraction of sp³-hybridized carbons (Fsp3) is 0.0714. The van der Waals surface area contributed by atoms with Gasteiger partial charge < -0.3 is 14.6 Å². The van der Waals surface area contributed by atoms with Crippen molar-refractivity contribution in [3.05, 3.63) is 43.5 Å². The van der Waals surface area contributed by atoms with Crippen LogP contribution in [0.25, 0.3) is 0 Å². The lowest BCUT2D eigenvalue weighted by atomic mass is 10.3. The summed E-state index contributed by atoms with van der Waals surface area (Å²) < 4.78 is 42.4. The van der Waals surface area contributed by atoms with E-state index in [0.717, 1.165) is 12.1 Å². The number of aromatic hydroxyl groups is 1. The maximum Gasteiger partial charge on any atom is 0.349 e. The Kier molecular flexibility index (Phi) is 6.28. The molecule has 0 bridgehead atoms. The largest absolute Gasteiger partial charge is 0.508 e. The van der Waals surface area contributed by atoms with Crippen molar-refractivity contribution in [1.82, 2.24) is 0 Å². The summed E-state index contributed by atoms with van der Waals surface area (Å²) in [5.41, 5.74) is 0. The number of hydrogen-bond donors (Lipinski definition) is 2. The lowest BCUT2D eigenvalue weighted by Crippen LogP contribution is -2.18. The van der Waals surface area contributed by atoms with Gasteiger partial charge in [0.15, 0.2) is 6.61 Å². The smallest absolute Gasteiger partial charge is 0.349 e. The molecule has 2 aromatic carbocycles. The minimum Gasteiger partial charge on any atom is -0.508 e. The second-order valence-corrected chi connectivity index (χ2v) is 8.19. The standard InChI is InChI=1S/C14H10I2O7S/c15-11-5-8(17)6-12(16)14(11)22-7-13(18)23-9-1-3-10(4-2-9)24(19,20)21/h1-6,17H,7H2,(H,19,20,21). The molecule has 2 rings (SSSR count). The summed E-state index contributed by atoms with van der Waals surface area (Å²) in [5, 5.41) is 9.45. The van der Waals surface area contributed by atoms with Gasteiger partial charge in [0.2, 0.25) is 0 Å². The molecular formula is C14H10I2O7S. The van der Waals surface area contributed by atoms with Crippen LogP contribution in [0.5, 0.6) is 17.2 Å². The monoisotopic (exact) mass is 576 g/mol. The van der Waals surface area contributed by atoms with E-state index in [1.165, 1.54) is 24.3 Å². The van der Waals surface area contributed by atoms with Crippen LogP contribution in [-0.2, 0) is 14.9 Å². The third kappa shape index (κ3) is 5.19. The Bertz CT molecular complexity index is 840. The van der Waals surface area contributed by atoms with Crippen LogP contribution in [0.15, 0.2) is 41.3 Å². The molecule has 0 saturated carbocycles. The highest BCUT2D eigenvalue weighted by Crippen LogP contribution is 2.31. The van der Waals surface area contributed by atoms with Crippen molar-refractivity contribution >= 4 is 61.3 Å². The molecule has 0 atom stereocenters. The Hall–Kier alpha value is -1.12. The summed E-state index contributed by atoms with van der Waals surface area (Å²) in [5.74, 6) is -0.0225. The number of benzene rings is 2. The Balaban J connectivity index is 1.99. The molecule has 7 nitrogen and oxygen atoms in total. The molecule has 128 valence electrons. The van der Waals surface area contributed by atoms with E-state index in [9.17, 15) is 18.3 Å². The maximum atomic E-state index is 11.8. The Morgan fingerprint density at radius 2 is 1.62 bits per heavy atom. The first kappa shape index (κ1) is 19.2. The van der Waals surface area contributed by atoms with Crippen LogP contribution in [0.2, 0.25) is 0 Å². The van der Waals surface area contributed by atoms with Gasteiger partial charge in [0.25, 0.3) is 10.1 Å². The highest BCUT2D eigenvalue weighted by molar-refractivity contribution is 14.1. The number of phenolic OH excluding ortho intramolecular Hbond substituents is 1. The first-order valence-corrected chi connectivity index (χ1v) is 9.85. The Morgan fingerprint density at radius 3 is 2.12 bits per heavy atom. The van der Waals surface area contributed by atoms with E-state index in [4.69, 9.17) is 14.0 Å². The first-order valence-electron chi connectivity index (χ1n) is 6.26. The van der Waals surface area contributed by atoms with Gasteiger partial charge in [-0.25, -0.2) is 4.79 Å². The van der Waals surface area contributed by atoms with Crippen molar-refractivity contribution in [3.63, 3.8) is 0 Å². The van der Waals surface area contributed by atoms with E-state index in [1.807, 2.05) is 45.2 Å². The summed E-state index contributed by atoms with van der Waals surface area (Å²) in [6.07, 6.45) is 0. The van der Waals surface area contributed by atoms with Crippen molar-refractivity contribution in [2.75, 3.05) is 6.61 Å². The van der Waals surface area contributed by atoms with E-state index in [1.54, 1.807) is 0 Å². The fourth-order valence-electron chi connectivity index (χ4n) is 1.66. The molecule has 0 amide bonds. The van der Waals surface area contributed by atoms with Crippen LogP contribution >= 0.6 is 45.2 Å². The molecule has 0 unspecified atom stereocenters. The van der Waals surface area contributed by atoms with Gasteiger partial charge in [0.1, 0.15) is 17.2 Å². The normalized spacial score (nSPS) is 11.1. The predicted molar refractivity (Wildman–Crippen MR) is 101 cm³/mol. The van der Waals surface area contributed by atoms with Gasteiger partial charge in [-0.15, -0.1) is 0 Å². The molecule has 0 aliphatic rings. The van der Waals surface area contributed by atoms with E-state index in [2.05, 4.69) is 0 Å². The molecule has 0 heterocycles. The van der Waals surface area contributed by atoms with E-state index in [-0.39, 0.29) is 23.0 Å². The van der Waals surface area contributed by atoms with E-state index >= 15 is 0 Å². The van der Waals surface area contributed by atoms with Crippen molar-refractivity contribution in [1.29, 1.82) is 0 Å². The molecule has 0 saturated heterocycles. The highest BCUT2D eigenvalue weighted by atomic mass is 127. The number of carbonyl (C=O) groups is 1. The van der Waals surface area contributed by atoms with Gasteiger partial charge in [0.05, 0.1) is 12.0 Å². The highest BCUT2D eigenvalue weighted by Gasteiger charge is 2.13. The third-order valence-electron chi connectivity index (χ3n) is 2.67. The molecule has 2 aromatic rings. The Labute approximate surface area is 165 Å². The third-order valence-corrected chi connectivity index (χ3v) is 5.14. The predicted octanol–water partition coefficient (Wildman–Crippen LogP) is 2.83. The molecule has 0 radical (unpaired) electrons. The molecular weight excluding hydrogens is 566 g/mol. The average Bonchev–Trinajstić information content (AvgIpc) is 2.45. The minimum atomic E-state index is -4.29. The van der Waals surface area contributed by atoms with E-state index in [0.29, 0.717) is 12.9 Å². The van der Waals surface area contributed by atoms with Gasteiger partial charge in [-0.05, 0) is 81.6 Å². The van der Waals surface area contributed by atoms with Crippen molar-refractivity contribution in [2.24, 2.45) is 0 Å².